The van der Waals surface area contributed by atoms with E-state index in [1.807, 2.05) is 0 Å². The highest BCUT2D eigenvalue weighted by atomic mass is 16.5. The smallest absolute Gasteiger partial charge is 0.234 e. The van der Waals surface area contributed by atoms with Crippen LogP contribution in [-0.2, 0) is 9.53 Å². The number of carbonyl (C=O) groups is 1. The first kappa shape index (κ1) is 15.7. The summed E-state index contributed by atoms with van der Waals surface area (Å²) >= 11 is 0. The van der Waals surface area contributed by atoms with Crippen molar-refractivity contribution in [2.45, 2.75) is 50.6 Å². The van der Waals surface area contributed by atoms with Crippen molar-refractivity contribution in [1.82, 2.24) is 15.5 Å². The Hall–Kier alpha value is -0.650. The summed E-state index contributed by atoms with van der Waals surface area (Å²) in [5, 5.41) is 6.22. The van der Waals surface area contributed by atoms with E-state index in [1.54, 1.807) is 7.11 Å². The number of nitrogens with one attached hydrogen (secondary N) is 2. The van der Waals surface area contributed by atoms with Gasteiger partial charge in [0.15, 0.2) is 0 Å². The Labute approximate surface area is 122 Å². The fraction of sp³-hybridized carbons (Fsp3) is 0.933. The summed E-state index contributed by atoms with van der Waals surface area (Å²) in [7, 11) is 1.67. The van der Waals surface area contributed by atoms with E-state index in [0.29, 0.717) is 19.2 Å². The van der Waals surface area contributed by atoms with E-state index in [9.17, 15) is 4.79 Å². The van der Waals surface area contributed by atoms with Crippen molar-refractivity contribution in [2.75, 3.05) is 39.9 Å². The number of rotatable bonds is 7. The number of ether oxygens (including phenoxy) is 1. The summed E-state index contributed by atoms with van der Waals surface area (Å²) in [6.07, 6.45) is 7.74. The molecular formula is C15H29N3O2. The summed E-state index contributed by atoms with van der Waals surface area (Å²) in [6.45, 7) is 4.06. The van der Waals surface area contributed by atoms with Crippen LogP contribution in [0.3, 0.4) is 0 Å². The molecule has 1 saturated carbocycles. The number of piperidine rings is 1. The third-order valence-electron chi connectivity index (χ3n) is 4.50. The Balaban J connectivity index is 1.57. The molecule has 5 nitrogen and oxygen atoms in total. The van der Waals surface area contributed by atoms with E-state index in [2.05, 4.69) is 15.5 Å². The summed E-state index contributed by atoms with van der Waals surface area (Å²) in [6, 6.07) is 1.19. The molecule has 0 aromatic rings. The standard InChI is InChI=1S/C15H29N3O2/c1-20-11-8-16-12-15(19)17-13-6-9-18(10-7-13)14-4-2-3-5-14/h13-14,16H,2-12H2,1H3,(H,17,19). The normalized spacial score (nSPS) is 22.2. The van der Waals surface area contributed by atoms with E-state index >= 15 is 0 Å². The Morgan fingerprint density at radius 1 is 1.20 bits per heavy atom. The van der Waals surface area contributed by atoms with E-state index in [-0.39, 0.29) is 5.91 Å². The summed E-state index contributed by atoms with van der Waals surface area (Å²) in [4.78, 5) is 14.4. The molecule has 5 heteroatoms. The van der Waals surface area contributed by atoms with Crippen LogP contribution in [0, 0.1) is 0 Å². The van der Waals surface area contributed by atoms with Gasteiger partial charge in [-0.05, 0) is 25.7 Å². The number of likely N-dealkylation sites (tertiary alicyclic amines) is 1. The minimum Gasteiger partial charge on any atom is -0.383 e. The molecule has 0 bridgehead atoms. The topological polar surface area (TPSA) is 53.6 Å². The van der Waals surface area contributed by atoms with Crippen molar-refractivity contribution < 1.29 is 9.53 Å². The molecule has 1 aliphatic carbocycles. The predicted octanol–water partition coefficient (Wildman–Crippen LogP) is 0.746. The second-order valence-electron chi connectivity index (χ2n) is 5.99. The van der Waals surface area contributed by atoms with Gasteiger partial charge in [0.25, 0.3) is 0 Å². The van der Waals surface area contributed by atoms with Crippen LogP contribution in [0.4, 0.5) is 0 Å². The van der Waals surface area contributed by atoms with Gasteiger partial charge in [0.2, 0.25) is 5.91 Å². The Morgan fingerprint density at radius 2 is 1.90 bits per heavy atom. The van der Waals surface area contributed by atoms with Crippen molar-refractivity contribution >= 4 is 5.91 Å². The van der Waals surface area contributed by atoms with Gasteiger partial charge < -0.3 is 20.3 Å². The van der Waals surface area contributed by atoms with Crippen LogP contribution >= 0.6 is 0 Å². The third kappa shape index (κ3) is 5.04. The van der Waals surface area contributed by atoms with Crippen LogP contribution in [0.25, 0.3) is 0 Å². The molecule has 1 aliphatic heterocycles. The molecular weight excluding hydrogens is 254 g/mol. The first-order valence-corrected chi connectivity index (χ1v) is 8.02. The number of carbonyl (C=O) groups excluding carboxylic acids is 1. The van der Waals surface area contributed by atoms with Crippen molar-refractivity contribution in [2.24, 2.45) is 0 Å². The average molecular weight is 283 g/mol. The van der Waals surface area contributed by atoms with E-state index in [1.165, 1.54) is 25.7 Å². The second kappa shape index (κ2) is 8.60. The lowest BCUT2D eigenvalue weighted by Gasteiger charge is -2.36. The van der Waals surface area contributed by atoms with Gasteiger partial charge in [-0.25, -0.2) is 0 Å². The van der Waals surface area contributed by atoms with Crippen LogP contribution in [0.2, 0.25) is 0 Å². The fourth-order valence-electron chi connectivity index (χ4n) is 3.33. The van der Waals surface area contributed by atoms with Gasteiger partial charge in [-0.2, -0.15) is 0 Å². The predicted molar refractivity (Wildman–Crippen MR) is 79.7 cm³/mol. The number of nitrogens with zero attached hydrogens (tertiary/aromatic N) is 1. The van der Waals surface area contributed by atoms with Crippen molar-refractivity contribution in [3.8, 4) is 0 Å². The van der Waals surface area contributed by atoms with Gasteiger partial charge >= 0.3 is 0 Å². The molecule has 116 valence electrons. The quantitative estimate of drug-likeness (QED) is 0.677. The third-order valence-corrected chi connectivity index (χ3v) is 4.50. The van der Waals surface area contributed by atoms with Crippen molar-refractivity contribution in [3.05, 3.63) is 0 Å². The summed E-state index contributed by atoms with van der Waals surface area (Å²) < 4.78 is 4.93. The molecule has 20 heavy (non-hydrogen) atoms. The molecule has 2 N–H and O–H groups in total. The molecule has 2 aliphatic rings. The van der Waals surface area contributed by atoms with Gasteiger partial charge in [0.05, 0.1) is 13.2 Å². The summed E-state index contributed by atoms with van der Waals surface area (Å²) in [5.41, 5.74) is 0. The fourth-order valence-corrected chi connectivity index (χ4v) is 3.33. The van der Waals surface area contributed by atoms with Gasteiger partial charge in [-0.3, -0.25) is 4.79 Å². The highest BCUT2D eigenvalue weighted by Crippen LogP contribution is 2.26. The second-order valence-corrected chi connectivity index (χ2v) is 5.99. The van der Waals surface area contributed by atoms with E-state index < -0.39 is 0 Å². The van der Waals surface area contributed by atoms with E-state index in [0.717, 1.165) is 38.5 Å². The Morgan fingerprint density at radius 3 is 2.55 bits per heavy atom. The van der Waals surface area contributed by atoms with Crippen molar-refractivity contribution in [3.63, 3.8) is 0 Å². The maximum Gasteiger partial charge on any atom is 0.234 e. The highest BCUT2D eigenvalue weighted by molar-refractivity contribution is 5.78. The van der Waals surface area contributed by atoms with Crippen molar-refractivity contribution in [1.29, 1.82) is 0 Å². The van der Waals surface area contributed by atoms with Crippen LogP contribution in [0.15, 0.2) is 0 Å². The van der Waals surface area contributed by atoms with Gasteiger partial charge in [-0.1, -0.05) is 12.8 Å². The number of hydrogen-bond donors (Lipinski definition) is 2. The largest absolute Gasteiger partial charge is 0.383 e. The van der Waals surface area contributed by atoms with Crippen LogP contribution < -0.4 is 10.6 Å². The molecule has 0 atom stereocenters. The van der Waals surface area contributed by atoms with Crippen LogP contribution in [-0.4, -0.2) is 62.8 Å². The lowest BCUT2D eigenvalue weighted by atomic mass is 10.0. The first-order valence-electron chi connectivity index (χ1n) is 8.02. The molecule has 0 unspecified atom stereocenters. The molecule has 2 fully saturated rings. The monoisotopic (exact) mass is 283 g/mol. The van der Waals surface area contributed by atoms with Gasteiger partial charge in [-0.15, -0.1) is 0 Å². The zero-order chi connectivity index (χ0) is 14.2. The molecule has 2 rings (SSSR count). The first-order chi connectivity index (χ1) is 9.79. The maximum atomic E-state index is 11.8. The minimum atomic E-state index is 0.111. The minimum absolute atomic E-state index is 0.111. The molecule has 1 saturated heterocycles. The van der Waals surface area contributed by atoms with E-state index in [4.69, 9.17) is 4.74 Å². The Kier molecular flexibility index (Phi) is 6.76. The zero-order valence-electron chi connectivity index (χ0n) is 12.7. The molecule has 0 spiro atoms. The molecule has 1 amide bonds. The number of methoxy groups -OCH3 is 1. The lowest BCUT2D eigenvalue weighted by molar-refractivity contribution is -0.121. The molecule has 1 heterocycles. The Bertz CT molecular complexity index is 285. The summed E-state index contributed by atoms with van der Waals surface area (Å²) in [5.74, 6) is 0.111. The van der Waals surface area contributed by atoms with Crippen LogP contribution in [0.1, 0.15) is 38.5 Å². The van der Waals surface area contributed by atoms with Crippen LogP contribution in [0.5, 0.6) is 0 Å². The SMILES string of the molecule is COCCNCC(=O)NC1CCN(C2CCCC2)CC1. The molecule has 0 aromatic heterocycles. The molecule has 0 radical (unpaired) electrons. The van der Waals surface area contributed by atoms with Gasteiger partial charge in [0, 0.05) is 38.8 Å². The average Bonchev–Trinajstić information content (AvgIpc) is 2.99. The lowest BCUT2D eigenvalue weighted by Crippen LogP contribution is -2.49. The van der Waals surface area contributed by atoms with Gasteiger partial charge in [0.1, 0.15) is 0 Å². The zero-order valence-corrected chi connectivity index (χ0v) is 12.7. The highest BCUT2D eigenvalue weighted by Gasteiger charge is 2.27. The number of hydrogen-bond acceptors (Lipinski definition) is 4. The maximum absolute atomic E-state index is 11.8. The molecule has 0 aromatic carbocycles. The number of amides is 1.